The number of hydrogen-bond acceptors (Lipinski definition) is 8. The molecular formula is C54H86NO8P. The molecule has 0 bridgehead atoms. The van der Waals surface area contributed by atoms with Crippen molar-refractivity contribution in [3.05, 3.63) is 0 Å². The van der Waals surface area contributed by atoms with E-state index in [0.717, 1.165) is 57.8 Å². The zero-order valence-electron chi connectivity index (χ0n) is 42.0. The Bertz CT molecular complexity index is 1940. The molecule has 1 aliphatic heterocycles. The van der Waals surface area contributed by atoms with Crippen molar-refractivity contribution in [2.24, 2.45) is 90.7 Å². The number of fused-ring (bicyclic) bond motifs is 7. The zero-order valence-corrected chi connectivity index (χ0v) is 42.9. The van der Waals surface area contributed by atoms with Crippen LogP contribution in [-0.2, 0) is 37.7 Å². The first-order valence-electron chi connectivity index (χ1n) is 26.0. The van der Waals surface area contributed by atoms with Crippen LogP contribution in [0.2, 0.25) is 0 Å². The smallest absolute Gasteiger partial charge is 0.310 e. The molecular weight excluding hydrogens is 822 g/mol. The molecule has 8 aliphatic carbocycles. The minimum atomic E-state index is -2.57. The number of Topliss-reactive ketones (excluding diaryl/α,β-unsaturated/α-hetero) is 1. The molecule has 9 fully saturated rings. The average molecular weight is 908 g/mol. The molecule has 0 aromatic rings. The molecule has 0 aromatic heterocycles. The first-order valence-corrected chi connectivity index (χ1v) is 28.6. The fourth-order valence-electron chi connectivity index (χ4n) is 18.4. The van der Waals surface area contributed by atoms with E-state index in [4.69, 9.17) is 14.0 Å². The van der Waals surface area contributed by atoms with E-state index in [-0.39, 0.29) is 80.4 Å². The van der Waals surface area contributed by atoms with Crippen LogP contribution in [0.1, 0.15) is 178 Å². The van der Waals surface area contributed by atoms with Crippen LogP contribution in [0.25, 0.3) is 0 Å². The summed E-state index contributed by atoms with van der Waals surface area (Å²) in [6.07, 6.45) is 16.7. The fraction of sp³-hybridized carbons (Fsp3) is 0.926. The molecule has 360 valence electrons. The number of carbonyl (C=O) groups excluding carboxylic acids is 4. The number of hydrogen-bond donors (Lipinski definition) is 0. The highest BCUT2D eigenvalue weighted by molar-refractivity contribution is 7.57. The Morgan fingerprint density at radius 1 is 0.656 bits per heavy atom. The third-order valence-electron chi connectivity index (χ3n) is 23.2. The van der Waals surface area contributed by atoms with Crippen LogP contribution in [0.4, 0.5) is 0 Å². The van der Waals surface area contributed by atoms with Crippen molar-refractivity contribution in [3.8, 4) is 0 Å². The Balaban J connectivity index is 0.901. The van der Waals surface area contributed by atoms with Crippen molar-refractivity contribution in [2.75, 3.05) is 26.4 Å². The van der Waals surface area contributed by atoms with Gasteiger partial charge in [0.1, 0.15) is 18.0 Å². The van der Waals surface area contributed by atoms with Gasteiger partial charge in [0, 0.05) is 55.0 Å². The van der Waals surface area contributed by atoms with Crippen molar-refractivity contribution in [2.45, 2.75) is 197 Å². The van der Waals surface area contributed by atoms with Gasteiger partial charge >= 0.3 is 5.97 Å². The van der Waals surface area contributed by atoms with Crippen LogP contribution in [0.3, 0.4) is 0 Å². The highest BCUT2D eigenvalue weighted by atomic mass is 31.2. The van der Waals surface area contributed by atoms with Crippen molar-refractivity contribution in [1.82, 2.24) is 4.90 Å². The van der Waals surface area contributed by atoms with Crippen molar-refractivity contribution in [1.29, 1.82) is 0 Å². The van der Waals surface area contributed by atoms with E-state index in [1.807, 2.05) is 18.7 Å². The Labute approximate surface area is 386 Å². The minimum Gasteiger partial charge on any atom is -0.464 e. The fourth-order valence-corrected chi connectivity index (χ4v) is 19.3. The molecule has 8 saturated carbocycles. The van der Waals surface area contributed by atoms with Gasteiger partial charge in [0.15, 0.2) is 7.37 Å². The summed E-state index contributed by atoms with van der Waals surface area (Å²) in [6, 6.07) is 0. The van der Waals surface area contributed by atoms with Gasteiger partial charge in [-0.25, -0.2) is 0 Å². The molecule has 10 heteroatoms. The van der Waals surface area contributed by atoms with Gasteiger partial charge in [-0.2, -0.15) is 0 Å². The quantitative estimate of drug-likeness (QED) is 0.114. The number of likely N-dealkylation sites (tertiary alicyclic amines) is 1. The van der Waals surface area contributed by atoms with Crippen LogP contribution in [0.5, 0.6) is 0 Å². The van der Waals surface area contributed by atoms with E-state index in [1.54, 1.807) is 13.3 Å². The van der Waals surface area contributed by atoms with E-state index in [2.05, 4.69) is 55.4 Å². The molecule has 9 nitrogen and oxygen atoms in total. The first kappa shape index (κ1) is 47.3. The molecule has 0 N–H and O–H groups in total. The van der Waals surface area contributed by atoms with E-state index in [1.165, 1.54) is 38.5 Å². The summed E-state index contributed by atoms with van der Waals surface area (Å²) < 4.78 is 30.0. The summed E-state index contributed by atoms with van der Waals surface area (Å²) >= 11 is 0. The highest BCUT2D eigenvalue weighted by Gasteiger charge is 2.74. The maximum Gasteiger partial charge on any atom is 0.310 e. The van der Waals surface area contributed by atoms with Gasteiger partial charge in [0.2, 0.25) is 5.91 Å². The number of esters is 1. The number of piperidine rings is 1. The van der Waals surface area contributed by atoms with E-state index in [0.29, 0.717) is 73.2 Å². The van der Waals surface area contributed by atoms with E-state index < -0.39 is 12.8 Å². The Kier molecular flexibility index (Phi) is 11.4. The molecule has 9 aliphatic rings. The second-order valence-electron chi connectivity index (χ2n) is 27.1. The topological polar surface area (TPSA) is 116 Å². The van der Waals surface area contributed by atoms with Crippen molar-refractivity contribution < 1.29 is 37.7 Å². The maximum atomic E-state index is 15.4. The molecule has 0 aromatic carbocycles. The standard InChI is InChI=1S/C54H86NO8P/c1-47(2)33(29-37(47)45(58)55-27-18-34(19-28-55)63-64(11,12)60)30-41(57)54-22-15-35(50(7)23-24-50)44(54)36-13-14-40-51(8)20-17-42(62-46(59)38-31-43(61-32-56)48(38,3)4)49(5,6)39(51)16-21-53(40,10)52(36,9)25-26-54/h32-40,42-44H,13-31H2,1-12H3/t33-,35+,36+,37+,38+,39-,40+,42-,43+,44+,51-,52+,53+,54+/m0/s1. The Morgan fingerprint density at radius 3 is 1.95 bits per heavy atom. The predicted octanol–water partition coefficient (Wildman–Crippen LogP) is 11.5. The first-order chi connectivity index (χ1) is 29.7. The molecule has 1 heterocycles. The Morgan fingerprint density at radius 2 is 1.34 bits per heavy atom. The lowest BCUT2D eigenvalue weighted by atomic mass is 9.32. The monoisotopic (exact) mass is 908 g/mol. The molecule has 0 spiro atoms. The predicted molar refractivity (Wildman–Crippen MR) is 249 cm³/mol. The zero-order chi connectivity index (χ0) is 46.4. The lowest BCUT2D eigenvalue weighted by molar-refractivity contribution is -0.253. The van der Waals surface area contributed by atoms with Gasteiger partial charge in [-0.3, -0.25) is 23.7 Å². The normalized spacial score (nSPS) is 46.1. The number of nitrogens with zero attached hydrogens (tertiary/aromatic N) is 1. The van der Waals surface area contributed by atoms with Gasteiger partial charge in [-0.1, -0.05) is 69.2 Å². The number of amides is 1. The van der Waals surface area contributed by atoms with Crippen molar-refractivity contribution in [3.63, 3.8) is 0 Å². The highest BCUT2D eigenvalue weighted by Crippen LogP contribution is 2.79. The SMILES string of the molecule is CC1([C@@H]2CC[C@]3(C(=O)C[C@@H]4C[C@H](C(=O)N5CCC(OP(C)(C)=O)CC5)C4(C)C)CC[C@]4(C)[C@H](CC[C@@H]5[C@@]6(C)CC[C@H](OC(=O)[C@H]7C[C@@H](OC=O)C7(C)C)C(C)(C)[C@@H]6CC[C@]54C)[C@@H]23)CC1. The lowest BCUT2D eigenvalue weighted by Gasteiger charge is -2.73. The Hall–Kier alpha value is -1.73. The average Bonchev–Trinajstić information content (AvgIpc) is 3.82. The molecule has 1 saturated heterocycles. The van der Waals surface area contributed by atoms with Crippen LogP contribution in [0, 0.1) is 90.7 Å². The van der Waals surface area contributed by atoms with E-state index >= 15 is 4.79 Å². The summed E-state index contributed by atoms with van der Waals surface area (Å²) in [4.78, 5) is 56.3. The minimum absolute atomic E-state index is 0.0457. The summed E-state index contributed by atoms with van der Waals surface area (Å²) in [5.74, 6) is 3.22. The largest absolute Gasteiger partial charge is 0.464 e. The summed E-state index contributed by atoms with van der Waals surface area (Å²) in [7, 11) is -2.57. The summed E-state index contributed by atoms with van der Waals surface area (Å²) in [6.45, 7) is 29.0. The third kappa shape index (κ3) is 6.97. The van der Waals surface area contributed by atoms with Gasteiger partial charge in [-0.15, -0.1) is 0 Å². The van der Waals surface area contributed by atoms with Gasteiger partial charge < -0.3 is 18.9 Å². The number of ketones is 1. The summed E-state index contributed by atoms with van der Waals surface area (Å²) in [5.41, 5.74) is -0.187. The van der Waals surface area contributed by atoms with Crippen LogP contribution < -0.4 is 0 Å². The van der Waals surface area contributed by atoms with E-state index in [9.17, 15) is 18.9 Å². The molecule has 0 radical (unpaired) electrons. The molecule has 1 amide bonds. The summed E-state index contributed by atoms with van der Waals surface area (Å²) in [5, 5.41) is 0. The second kappa shape index (κ2) is 15.4. The van der Waals surface area contributed by atoms with Crippen LogP contribution in [-0.4, -0.2) is 73.8 Å². The van der Waals surface area contributed by atoms with Crippen LogP contribution >= 0.6 is 7.37 Å². The van der Waals surface area contributed by atoms with Crippen molar-refractivity contribution >= 4 is 31.5 Å². The molecule has 0 unspecified atom stereocenters. The second-order valence-corrected chi connectivity index (χ2v) is 29.8. The molecule has 64 heavy (non-hydrogen) atoms. The van der Waals surface area contributed by atoms with Gasteiger partial charge in [0.05, 0.1) is 12.0 Å². The lowest BCUT2D eigenvalue weighted by Crippen LogP contribution is -2.67. The number of rotatable bonds is 11. The molecule has 9 rings (SSSR count). The number of carbonyl (C=O) groups is 4. The van der Waals surface area contributed by atoms with Gasteiger partial charge in [0.25, 0.3) is 6.47 Å². The maximum absolute atomic E-state index is 15.4. The molecule has 14 atom stereocenters. The van der Waals surface area contributed by atoms with Crippen LogP contribution in [0.15, 0.2) is 0 Å². The van der Waals surface area contributed by atoms with Gasteiger partial charge in [-0.05, 0) is 165 Å². The third-order valence-corrected chi connectivity index (χ3v) is 24.0. The number of ether oxygens (including phenoxy) is 2.